The number of aromatic nitrogens is 2. The molecule has 5 heteroatoms. The largest absolute Gasteiger partial charge is 0.358 e. The zero-order valence-electron chi connectivity index (χ0n) is 6.44. The number of aryl methyl sites for hydroxylation is 1. The summed E-state index contributed by atoms with van der Waals surface area (Å²) in [6.45, 7) is 1.91. The second-order valence-corrected chi connectivity index (χ2v) is 2.20. The van der Waals surface area contributed by atoms with Crippen molar-refractivity contribution >= 4 is 5.82 Å². The first kappa shape index (κ1) is 7.71. The maximum Gasteiger partial charge on any atom is 0.342 e. The third-order valence-corrected chi connectivity index (χ3v) is 1.56. The summed E-state index contributed by atoms with van der Waals surface area (Å²) in [5.41, 5.74) is 0. The summed E-state index contributed by atoms with van der Waals surface area (Å²) in [6, 6.07) is 0. The molecule has 0 saturated carbocycles. The summed E-state index contributed by atoms with van der Waals surface area (Å²) < 4.78 is 1.49. The summed E-state index contributed by atoms with van der Waals surface area (Å²) in [4.78, 5) is 13.7. The van der Waals surface area contributed by atoms with Crippen LogP contribution in [0.1, 0.15) is 12.7 Å². The molecule has 0 saturated heterocycles. The third-order valence-electron chi connectivity index (χ3n) is 1.56. The Kier molecular flexibility index (Phi) is 1.89. The van der Waals surface area contributed by atoms with Crippen molar-refractivity contribution in [2.45, 2.75) is 13.3 Å². The van der Waals surface area contributed by atoms with Crippen molar-refractivity contribution < 1.29 is 4.92 Å². The molecule has 0 radical (unpaired) electrons. The average Bonchev–Trinajstić information content (AvgIpc) is 2.30. The van der Waals surface area contributed by atoms with E-state index < -0.39 is 4.92 Å². The van der Waals surface area contributed by atoms with Crippen LogP contribution in [-0.2, 0) is 13.5 Å². The average molecular weight is 155 g/mol. The molecule has 0 unspecified atom stereocenters. The van der Waals surface area contributed by atoms with E-state index in [1.165, 1.54) is 10.8 Å². The number of nitro groups is 1. The van der Waals surface area contributed by atoms with E-state index in [0.717, 1.165) is 5.82 Å². The maximum atomic E-state index is 10.3. The lowest BCUT2D eigenvalue weighted by Crippen LogP contribution is -2.00. The number of rotatable bonds is 2. The van der Waals surface area contributed by atoms with Gasteiger partial charge < -0.3 is 10.1 Å². The number of imidazole rings is 1. The molecule has 1 heterocycles. The standard InChI is InChI=1S/C6H9N3O2/c1-3-5-7-4-6(8(5)2)9(10)11/h4H,3H2,1-2H3. The lowest BCUT2D eigenvalue weighted by Gasteiger charge is -1.94. The van der Waals surface area contributed by atoms with Gasteiger partial charge in [0.05, 0.1) is 7.05 Å². The Morgan fingerprint density at radius 1 is 1.82 bits per heavy atom. The lowest BCUT2D eigenvalue weighted by atomic mass is 10.5. The smallest absolute Gasteiger partial charge is 0.342 e. The van der Waals surface area contributed by atoms with Gasteiger partial charge in [-0.2, -0.15) is 0 Å². The summed E-state index contributed by atoms with van der Waals surface area (Å²) in [6.07, 6.45) is 1.99. The molecule has 1 aromatic rings. The molecule has 1 aromatic heterocycles. The highest BCUT2D eigenvalue weighted by molar-refractivity contribution is 5.18. The van der Waals surface area contributed by atoms with Crippen molar-refractivity contribution in [2.75, 3.05) is 0 Å². The molecule has 0 spiro atoms. The van der Waals surface area contributed by atoms with Crippen LogP contribution in [0.4, 0.5) is 5.82 Å². The molecular weight excluding hydrogens is 146 g/mol. The number of hydrogen-bond donors (Lipinski definition) is 0. The van der Waals surface area contributed by atoms with E-state index in [-0.39, 0.29) is 5.82 Å². The predicted octanol–water partition coefficient (Wildman–Crippen LogP) is 0.891. The topological polar surface area (TPSA) is 61.0 Å². The Bertz CT molecular complexity index is 279. The van der Waals surface area contributed by atoms with Crippen LogP contribution in [-0.4, -0.2) is 14.5 Å². The van der Waals surface area contributed by atoms with Gasteiger partial charge in [-0.15, -0.1) is 0 Å². The molecular formula is C6H9N3O2. The van der Waals surface area contributed by atoms with Gasteiger partial charge in [0.2, 0.25) is 0 Å². The molecule has 5 nitrogen and oxygen atoms in total. The normalized spacial score (nSPS) is 10.0. The summed E-state index contributed by atoms with van der Waals surface area (Å²) in [5, 5.41) is 10.3. The van der Waals surface area contributed by atoms with Gasteiger partial charge in [-0.05, 0) is 4.92 Å². The predicted molar refractivity (Wildman–Crippen MR) is 39.2 cm³/mol. The van der Waals surface area contributed by atoms with Crippen molar-refractivity contribution in [1.29, 1.82) is 0 Å². The molecule has 0 N–H and O–H groups in total. The lowest BCUT2D eigenvalue weighted by molar-refractivity contribution is -0.391. The monoisotopic (exact) mass is 155 g/mol. The molecule has 1 rings (SSSR count). The Morgan fingerprint density at radius 3 is 2.73 bits per heavy atom. The fourth-order valence-electron chi connectivity index (χ4n) is 0.936. The van der Waals surface area contributed by atoms with Crippen molar-refractivity contribution in [1.82, 2.24) is 9.55 Å². The Hall–Kier alpha value is -1.39. The maximum absolute atomic E-state index is 10.3. The molecule has 11 heavy (non-hydrogen) atoms. The van der Waals surface area contributed by atoms with Crippen LogP contribution in [0, 0.1) is 10.1 Å². The van der Waals surface area contributed by atoms with Gasteiger partial charge in [0.15, 0.2) is 5.82 Å². The van der Waals surface area contributed by atoms with Crippen LogP contribution in [0.15, 0.2) is 6.20 Å². The zero-order valence-corrected chi connectivity index (χ0v) is 6.44. The first-order valence-electron chi connectivity index (χ1n) is 3.31. The van der Waals surface area contributed by atoms with Crippen LogP contribution in [0.2, 0.25) is 0 Å². The molecule has 60 valence electrons. The van der Waals surface area contributed by atoms with E-state index >= 15 is 0 Å². The van der Waals surface area contributed by atoms with Gasteiger partial charge in [0.25, 0.3) is 0 Å². The van der Waals surface area contributed by atoms with Crippen LogP contribution < -0.4 is 0 Å². The van der Waals surface area contributed by atoms with E-state index in [0.29, 0.717) is 6.42 Å². The molecule has 0 atom stereocenters. The second kappa shape index (κ2) is 2.69. The molecule has 0 amide bonds. The minimum atomic E-state index is -0.438. The molecule has 0 bridgehead atoms. The van der Waals surface area contributed by atoms with E-state index in [4.69, 9.17) is 0 Å². The fourth-order valence-corrected chi connectivity index (χ4v) is 0.936. The fraction of sp³-hybridized carbons (Fsp3) is 0.500. The minimum absolute atomic E-state index is 0.0434. The minimum Gasteiger partial charge on any atom is -0.358 e. The zero-order chi connectivity index (χ0) is 8.43. The van der Waals surface area contributed by atoms with Crippen LogP contribution in [0.5, 0.6) is 0 Å². The first-order valence-corrected chi connectivity index (χ1v) is 3.31. The summed E-state index contributed by atoms with van der Waals surface area (Å²) in [7, 11) is 1.64. The third kappa shape index (κ3) is 1.21. The van der Waals surface area contributed by atoms with Gasteiger partial charge in [-0.3, -0.25) is 0 Å². The quantitative estimate of drug-likeness (QED) is 0.470. The highest BCUT2D eigenvalue weighted by atomic mass is 16.6. The van der Waals surface area contributed by atoms with Crippen LogP contribution >= 0.6 is 0 Å². The van der Waals surface area contributed by atoms with E-state index in [1.54, 1.807) is 7.05 Å². The summed E-state index contributed by atoms with van der Waals surface area (Å²) in [5.74, 6) is 0.776. The number of nitrogens with zero attached hydrogens (tertiary/aromatic N) is 3. The summed E-state index contributed by atoms with van der Waals surface area (Å²) >= 11 is 0. The van der Waals surface area contributed by atoms with Gasteiger partial charge in [-0.25, -0.2) is 9.55 Å². The highest BCUT2D eigenvalue weighted by Gasteiger charge is 2.13. The SMILES string of the molecule is CCc1ncc([N+](=O)[O-])n1C. The molecule has 0 aliphatic carbocycles. The Labute approximate surface area is 63.8 Å². The second-order valence-electron chi connectivity index (χ2n) is 2.20. The van der Waals surface area contributed by atoms with Crippen molar-refractivity contribution in [3.8, 4) is 0 Å². The van der Waals surface area contributed by atoms with Crippen molar-refractivity contribution in [3.63, 3.8) is 0 Å². The Morgan fingerprint density at radius 2 is 2.45 bits per heavy atom. The molecule has 0 aromatic carbocycles. The Balaban J connectivity index is 3.10. The molecule has 0 aliphatic rings. The van der Waals surface area contributed by atoms with Crippen LogP contribution in [0.3, 0.4) is 0 Å². The molecule has 0 aliphatic heterocycles. The van der Waals surface area contributed by atoms with Gasteiger partial charge >= 0.3 is 5.82 Å². The van der Waals surface area contributed by atoms with Crippen molar-refractivity contribution in [2.24, 2.45) is 7.05 Å². The number of hydrogen-bond acceptors (Lipinski definition) is 3. The van der Waals surface area contributed by atoms with Gasteiger partial charge in [0.1, 0.15) is 6.20 Å². The van der Waals surface area contributed by atoms with Crippen LogP contribution in [0.25, 0.3) is 0 Å². The van der Waals surface area contributed by atoms with E-state index in [1.807, 2.05) is 6.92 Å². The van der Waals surface area contributed by atoms with E-state index in [9.17, 15) is 10.1 Å². The first-order chi connectivity index (χ1) is 5.16. The van der Waals surface area contributed by atoms with E-state index in [2.05, 4.69) is 4.98 Å². The van der Waals surface area contributed by atoms with Crippen molar-refractivity contribution in [3.05, 3.63) is 22.1 Å². The van der Waals surface area contributed by atoms with Gasteiger partial charge in [0, 0.05) is 6.42 Å². The van der Waals surface area contributed by atoms with Gasteiger partial charge in [-0.1, -0.05) is 6.92 Å². The highest BCUT2D eigenvalue weighted by Crippen LogP contribution is 2.11. The molecule has 0 fully saturated rings.